The Morgan fingerprint density at radius 3 is 1.91 bits per heavy atom. The number of guanidine groups is 1. The molecule has 0 bridgehead atoms. The van der Waals surface area contributed by atoms with Crippen LogP contribution in [0.2, 0.25) is 0 Å². The number of carboxylic acid groups (broad SMARTS) is 2. The van der Waals surface area contributed by atoms with E-state index in [2.05, 4.69) is 47.5 Å². The van der Waals surface area contributed by atoms with Gasteiger partial charge in [0.2, 0.25) is 47.3 Å². The highest BCUT2D eigenvalue weighted by atomic mass is 16.4. The summed E-state index contributed by atoms with van der Waals surface area (Å²) in [5, 5.41) is 38.6. The summed E-state index contributed by atoms with van der Waals surface area (Å²) < 4.78 is 0. The predicted octanol–water partition coefficient (Wildman–Crippen LogP) is -2.21. The SMILES string of the molecule is CCCCC1NC(=O)C(CCC(=O)NCCCCCC(=O)NC(C)C(=O)O)NC(=O)C(CC(=O)O)NC(=O)CNC(=O)C(CCCN=C(N)N)NC(=O)C(Cc2ccccc2)NC1=O.[2HH]. The molecule has 1 fully saturated rings. The molecule has 23 nitrogen and oxygen atoms in total. The van der Waals surface area contributed by atoms with Crippen LogP contribution in [-0.2, 0) is 54.4 Å². The van der Waals surface area contributed by atoms with Crippen LogP contribution in [0.4, 0.5) is 0 Å². The molecule has 1 heterocycles. The van der Waals surface area contributed by atoms with Gasteiger partial charge in [-0.15, -0.1) is 0 Å². The van der Waals surface area contributed by atoms with Crippen LogP contribution >= 0.6 is 0 Å². The molecular formula is C41H65N11O12. The molecule has 6 atom stereocenters. The molecule has 23 heteroatoms. The van der Waals surface area contributed by atoms with E-state index in [0.717, 1.165) is 0 Å². The van der Waals surface area contributed by atoms with Crippen molar-refractivity contribution in [3.8, 4) is 0 Å². The van der Waals surface area contributed by atoms with E-state index in [4.69, 9.17) is 16.6 Å². The number of nitrogens with two attached hydrogens (primary N) is 2. The van der Waals surface area contributed by atoms with Crippen LogP contribution in [0.25, 0.3) is 0 Å². The van der Waals surface area contributed by atoms with Crippen LogP contribution in [0, 0.1) is 0 Å². The van der Waals surface area contributed by atoms with E-state index in [1.165, 1.54) is 6.92 Å². The van der Waals surface area contributed by atoms with Gasteiger partial charge in [-0.25, -0.2) is 0 Å². The van der Waals surface area contributed by atoms with Crippen LogP contribution in [0.1, 0.15) is 97.9 Å². The lowest BCUT2D eigenvalue weighted by molar-refractivity contribution is -0.141. The zero-order chi connectivity index (χ0) is 47.6. The van der Waals surface area contributed by atoms with Crippen molar-refractivity contribution in [2.75, 3.05) is 19.6 Å². The fourth-order valence-corrected chi connectivity index (χ4v) is 6.34. The smallest absolute Gasteiger partial charge is 0.325 e. The maximum atomic E-state index is 14.0. The molecular weight excluding hydrogens is 839 g/mol. The van der Waals surface area contributed by atoms with Crippen LogP contribution in [0.5, 0.6) is 0 Å². The zero-order valence-corrected chi connectivity index (χ0v) is 36.2. The highest BCUT2D eigenvalue weighted by Crippen LogP contribution is 2.10. The van der Waals surface area contributed by atoms with Crippen molar-refractivity contribution in [2.45, 2.75) is 134 Å². The molecule has 1 aliphatic heterocycles. The van der Waals surface area contributed by atoms with Gasteiger partial charge in [-0.3, -0.25) is 52.9 Å². The molecule has 356 valence electrons. The standard InChI is InChI=1S/C41H63N11O12.H2/c1-3-4-14-27-36(59)52-29(21-25-12-7-5-8-13-25)38(61)49-26(15-11-20-45-41(42)43)35(58)46-23-33(55)48-30(22-34(56)57)39(62)51-28(37(60)50-27)17-18-31(53)44-19-10-6-9-16-32(54)47-24(2)40(63)64;/h5,7-8,12-13,24,26-30H,3-4,6,9-11,14-23H2,1-2H3,(H,44,53)(H,46,58)(H,47,54)(H,48,55)(H,49,61)(H,50,60)(H,51,62)(H,52,59)(H,56,57)(H,63,64)(H4,42,43,45);1H/i;1+1. The van der Waals surface area contributed by atoms with Crippen molar-refractivity contribution in [2.24, 2.45) is 16.5 Å². The number of carboxylic acids is 2. The van der Waals surface area contributed by atoms with Crippen LogP contribution < -0.4 is 54.0 Å². The first-order chi connectivity index (χ1) is 30.4. The van der Waals surface area contributed by atoms with Gasteiger partial charge in [0.05, 0.1) is 13.0 Å². The number of aliphatic carboxylic acids is 2. The number of aliphatic imine (C=N–C) groups is 1. The molecule has 0 radical (unpaired) electrons. The third-order valence-corrected chi connectivity index (χ3v) is 9.87. The number of carbonyl (C=O) groups excluding carboxylic acids is 8. The van der Waals surface area contributed by atoms with Crippen molar-refractivity contribution >= 4 is 65.2 Å². The Bertz CT molecular complexity index is 1820. The summed E-state index contributed by atoms with van der Waals surface area (Å²) in [4.78, 5) is 134. The summed E-state index contributed by atoms with van der Waals surface area (Å²) in [6, 6.07) is 0.551. The molecule has 1 saturated heterocycles. The Labute approximate surface area is 372 Å². The molecule has 6 unspecified atom stereocenters. The van der Waals surface area contributed by atoms with Crippen molar-refractivity contribution < 1.29 is 59.6 Å². The van der Waals surface area contributed by atoms with E-state index in [9.17, 15) is 53.1 Å². The van der Waals surface area contributed by atoms with Crippen molar-refractivity contribution in [3.05, 3.63) is 35.9 Å². The zero-order valence-electron chi connectivity index (χ0n) is 36.2. The van der Waals surface area contributed by atoms with Crippen molar-refractivity contribution in [1.29, 1.82) is 0 Å². The Morgan fingerprint density at radius 1 is 0.719 bits per heavy atom. The van der Waals surface area contributed by atoms with E-state index < -0.39 is 108 Å². The average Bonchev–Trinajstić information content (AvgIpc) is 3.24. The lowest BCUT2D eigenvalue weighted by Crippen LogP contribution is -2.60. The minimum atomic E-state index is -1.76. The molecule has 8 amide bonds. The summed E-state index contributed by atoms with van der Waals surface area (Å²) in [7, 11) is 0. The van der Waals surface area contributed by atoms with Gasteiger partial charge in [0.15, 0.2) is 5.96 Å². The van der Waals surface area contributed by atoms with Gasteiger partial charge in [-0.05, 0) is 51.0 Å². The van der Waals surface area contributed by atoms with Crippen LogP contribution in [0.15, 0.2) is 35.3 Å². The number of carbonyl (C=O) groups is 10. The summed E-state index contributed by atoms with van der Waals surface area (Å²) in [5.41, 5.74) is 11.5. The van der Waals surface area contributed by atoms with Gasteiger partial charge in [0.1, 0.15) is 36.3 Å². The van der Waals surface area contributed by atoms with Crippen LogP contribution in [-0.4, -0.2) is 131 Å². The predicted molar refractivity (Wildman–Crippen MR) is 233 cm³/mol. The van der Waals surface area contributed by atoms with Gasteiger partial charge in [-0.2, -0.15) is 0 Å². The van der Waals surface area contributed by atoms with Crippen molar-refractivity contribution in [1.82, 2.24) is 42.5 Å². The summed E-state index contributed by atoms with van der Waals surface area (Å²) in [6.45, 7) is 2.71. The van der Waals surface area contributed by atoms with E-state index in [1.807, 2.05) is 6.92 Å². The molecule has 64 heavy (non-hydrogen) atoms. The second kappa shape index (κ2) is 28.7. The molecule has 1 aliphatic rings. The summed E-state index contributed by atoms with van der Waals surface area (Å²) in [6.07, 6.45) is 1.17. The monoisotopic (exact) mass is 904 g/mol. The number of unbranched alkanes of at least 4 members (excludes halogenated alkanes) is 3. The quantitative estimate of drug-likeness (QED) is 0.0334. The molecule has 0 aromatic heterocycles. The van der Waals surface area contributed by atoms with Crippen LogP contribution in [0.3, 0.4) is 0 Å². The number of nitrogens with one attached hydrogen (secondary N) is 8. The van der Waals surface area contributed by atoms with Gasteiger partial charge in [0, 0.05) is 33.8 Å². The normalized spacial score (nSPS) is 20.6. The van der Waals surface area contributed by atoms with E-state index in [-0.39, 0.29) is 65.4 Å². The van der Waals surface area contributed by atoms with E-state index in [1.54, 1.807) is 30.3 Å². The largest absolute Gasteiger partial charge is 0.481 e. The fraction of sp³-hybridized carbons (Fsp3) is 0.585. The maximum absolute atomic E-state index is 14.0. The van der Waals surface area contributed by atoms with E-state index in [0.29, 0.717) is 37.7 Å². The summed E-state index contributed by atoms with van der Waals surface area (Å²) in [5.74, 6) is -9.14. The Hall–Kier alpha value is -6.81. The number of amides is 8. The second-order valence-corrected chi connectivity index (χ2v) is 15.3. The Kier molecular flexibility index (Phi) is 23.9. The number of benzene rings is 1. The Morgan fingerprint density at radius 2 is 1.30 bits per heavy atom. The van der Waals surface area contributed by atoms with Gasteiger partial charge in [-0.1, -0.05) is 56.5 Å². The highest BCUT2D eigenvalue weighted by molar-refractivity contribution is 5.98. The number of hydrogen-bond donors (Lipinski definition) is 12. The Balaban J connectivity index is 0.0000211. The van der Waals surface area contributed by atoms with E-state index >= 15 is 0 Å². The van der Waals surface area contributed by atoms with Gasteiger partial charge in [0.25, 0.3) is 0 Å². The fourth-order valence-electron chi connectivity index (χ4n) is 6.34. The molecule has 0 spiro atoms. The molecule has 1 aromatic rings. The van der Waals surface area contributed by atoms with Gasteiger partial charge >= 0.3 is 11.9 Å². The third kappa shape index (κ3) is 21.3. The minimum Gasteiger partial charge on any atom is -0.481 e. The third-order valence-electron chi connectivity index (χ3n) is 9.87. The molecule has 14 N–H and O–H groups in total. The first kappa shape index (κ1) is 53.3. The molecule has 2 rings (SSSR count). The first-order valence-corrected chi connectivity index (χ1v) is 21.3. The second-order valence-electron chi connectivity index (χ2n) is 15.3. The number of nitrogens with zero attached hydrogens (tertiary/aromatic N) is 1. The topological polar surface area (TPSA) is 372 Å². The summed E-state index contributed by atoms with van der Waals surface area (Å²) >= 11 is 0. The maximum Gasteiger partial charge on any atom is 0.325 e. The van der Waals surface area contributed by atoms with Gasteiger partial charge < -0.3 is 64.2 Å². The van der Waals surface area contributed by atoms with Crippen molar-refractivity contribution in [3.63, 3.8) is 0 Å². The molecule has 1 aromatic carbocycles. The average molecular weight is 905 g/mol. The number of hydrogen-bond acceptors (Lipinski definition) is 11. The highest BCUT2D eigenvalue weighted by Gasteiger charge is 2.34. The molecule has 0 aliphatic carbocycles. The lowest BCUT2D eigenvalue weighted by Gasteiger charge is -2.28. The molecule has 0 saturated carbocycles. The number of rotatable bonds is 22. The minimum absolute atomic E-state index is 0. The first-order valence-electron chi connectivity index (χ1n) is 21.3. The lowest BCUT2D eigenvalue weighted by atomic mass is 10.0.